The first kappa shape index (κ1) is 17.9. The number of anilines is 1. The van der Waals surface area contributed by atoms with Gasteiger partial charge in [-0.05, 0) is 23.6 Å². The van der Waals surface area contributed by atoms with Gasteiger partial charge in [0.15, 0.2) is 0 Å². The van der Waals surface area contributed by atoms with Crippen molar-refractivity contribution in [3.8, 4) is 0 Å². The number of nitrogens with one attached hydrogen (secondary N) is 1. The highest BCUT2D eigenvalue weighted by Crippen LogP contribution is 2.28. The van der Waals surface area contributed by atoms with Gasteiger partial charge in [-0.2, -0.15) is 0 Å². The molecule has 0 radical (unpaired) electrons. The van der Waals surface area contributed by atoms with Crippen LogP contribution in [0.4, 0.5) is 5.69 Å². The molecule has 0 bridgehead atoms. The zero-order chi connectivity index (χ0) is 18.8. The SMILES string of the molecule is CCC(C)C1C(=O)Nc2ccccc2CN1C(=O)c1ccc(=O)n(C)c1. The molecular formula is C20H23N3O3. The molecule has 2 atom stereocenters. The number of fused-ring (bicyclic) bond motifs is 1. The maximum atomic E-state index is 13.2. The molecule has 0 aliphatic carbocycles. The molecule has 3 rings (SSSR count). The van der Waals surface area contributed by atoms with E-state index in [0.717, 1.165) is 17.7 Å². The average Bonchev–Trinajstić information content (AvgIpc) is 2.78. The van der Waals surface area contributed by atoms with Crippen LogP contribution in [0.2, 0.25) is 0 Å². The number of hydrogen-bond acceptors (Lipinski definition) is 3. The number of pyridine rings is 1. The average molecular weight is 353 g/mol. The number of benzene rings is 1. The van der Waals surface area contributed by atoms with E-state index in [1.54, 1.807) is 11.9 Å². The molecule has 1 aliphatic heterocycles. The van der Waals surface area contributed by atoms with Crippen LogP contribution in [0.3, 0.4) is 0 Å². The number of aryl methyl sites for hydroxylation is 1. The van der Waals surface area contributed by atoms with Crippen LogP contribution in [0.25, 0.3) is 0 Å². The van der Waals surface area contributed by atoms with Crippen LogP contribution in [0.15, 0.2) is 47.4 Å². The molecule has 1 aromatic heterocycles. The van der Waals surface area contributed by atoms with Gasteiger partial charge >= 0.3 is 0 Å². The lowest BCUT2D eigenvalue weighted by molar-refractivity contribution is -0.122. The Balaban J connectivity index is 2.06. The summed E-state index contributed by atoms with van der Waals surface area (Å²) in [7, 11) is 1.61. The molecule has 0 spiro atoms. The van der Waals surface area contributed by atoms with E-state index in [9.17, 15) is 14.4 Å². The highest BCUT2D eigenvalue weighted by Gasteiger charge is 2.37. The molecular weight excluding hydrogens is 330 g/mol. The molecule has 6 nitrogen and oxygen atoms in total. The summed E-state index contributed by atoms with van der Waals surface area (Å²) in [5.74, 6) is -0.430. The Morgan fingerprint density at radius 3 is 2.65 bits per heavy atom. The van der Waals surface area contributed by atoms with Crippen LogP contribution in [0.1, 0.15) is 36.2 Å². The third kappa shape index (κ3) is 3.27. The molecule has 2 amide bonds. The number of aromatic nitrogens is 1. The van der Waals surface area contributed by atoms with E-state index in [4.69, 9.17) is 0 Å². The van der Waals surface area contributed by atoms with Crippen molar-refractivity contribution in [2.45, 2.75) is 32.9 Å². The predicted octanol–water partition coefficient (Wildman–Crippen LogP) is 2.39. The summed E-state index contributed by atoms with van der Waals surface area (Å²) < 4.78 is 1.37. The smallest absolute Gasteiger partial charge is 0.256 e. The number of para-hydroxylation sites is 1. The third-order valence-corrected chi connectivity index (χ3v) is 5.00. The molecule has 136 valence electrons. The van der Waals surface area contributed by atoms with Crippen molar-refractivity contribution in [1.29, 1.82) is 0 Å². The Labute approximate surface area is 152 Å². The number of rotatable bonds is 3. The van der Waals surface area contributed by atoms with Crippen LogP contribution >= 0.6 is 0 Å². The molecule has 0 saturated heterocycles. The first-order valence-electron chi connectivity index (χ1n) is 8.78. The Morgan fingerprint density at radius 2 is 1.96 bits per heavy atom. The normalized spacial score (nSPS) is 17.9. The molecule has 1 N–H and O–H groups in total. The van der Waals surface area contributed by atoms with E-state index in [1.807, 2.05) is 38.1 Å². The zero-order valence-electron chi connectivity index (χ0n) is 15.2. The second-order valence-corrected chi connectivity index (χ2v) is 6.78. The number of amides is 2. The van der Waals surface area contributed by atoms with Crippen molar-refractivity contribution in [2.24, 2.45) is 13.0 Å². The minimum absolute atomic E-state index is 0.000735. The molecule has 0 saturated carbocycles. The third-order valence-electron chi connectivity index (χ3n) is 5.00. The van der Waals surface area contributed by atoms with Crippen LogP contribution < -0.4 is 10.9 Å². The maximum Gasteiger partial charge on any atom is 0.256 e. The van der Waals surface area contributed by atoms with Crippen molar-refractivity contribution in [3.05, 3.63) is 64.1 Å². The minimum atomic E-state index is -0.572. The summed E-state index contributed by atoms with van der Waals surface area (Å²) in [4.78, 5) is 39.4. The van der Waals surface area contributed by atoms with Crippen LogP contribution in [-0.4, -0.2) is 27.3 Å². The summed E-state index contributed by atoms with van der Waals surface area (Å²) in [5, 5.41) is 2.96. The zero-order valence-corrected chi connectivity index (χ0v) is 15.2. The number of hydrogen-bond donors (Lipinski definition) is 1. The number of carbonyl (C=O) groups excluding carboxylic acids is 2. The predicted molar refractivity (Wildman–Crippen MR) is 99.9 cm³/mol. The highest BCUT2D eigenvalue weighted by molar-refractivity contribution is 6.02. The fourth-order valence-electron chi connectivity index (χ4n) is 3.28. The number of carbonyl (C=O) groups is 2. The quantitative estimate of drug-likeness (QED) is 0.921. The molecule has 2 heterocycles. The van der Waals surface area contributed by atoms with Gasteiger partial charge in [-0.3, -0.25) is 14.4 Å². The van der Waals surface area contributed by atoms with Gasteiger partial charge in [0.05, 0.1) is 5.56 Å². The van der Waals surface area contributed by atoms with Crippen molar-refractivity contribution in [2.75, 3.05) is 5.32 Å². The summed E-state index contributed by atoms with van der Waals surface area (Å²) in [6, 6.07) is 9.84. The Kier molecular flexibility index (Phi) is 4.93. The second-order valence-electron chi connectivity index (χ2n) is 6.78. The Bertz CT molecular complexity index is 903. The topological polar surface area (TPSA) is 71.4 Å². The van der Waals surface area contributed by atoms with E-state index in [-0.39, 0.29) is 23.3 Å². The van der Waals surface area contributed by atoms with Crippen molar-refractivity contribution < 1.29 is 9.59 Å². The molecule has 2 unspecified atom stereocenters. The van der Waals surface area contributed by atoms with Gasteiger partial charge in [0.1, 0.15) is 6.04 Å². The fourth-order valence-corrected chi connectivity index (χ4v) is 3.28. The highest BCUT2D eigenvalue weighted by atomic mass is 16.2. The molecule has 0 fully saturated rings. The van der Waals surface area contributed by atoms with Crippen LogP contribution in [0.5, 0.6) is 0 Å². The number of nitrogens with zero attached hydrogens (tertiary/aromatic N) is 2. The molecule has 1 aliphatic rings. The first-order valence-corrected chi connectivity index (χ1v) is 8.78. The molecule has 2 aromatic rings. The monoisotopic (exact) mass is 353 g/mol. The minimum Gasteiger partial charge on any atom is -0.324 e. The molecule has 26 heavy (non-hydrogen) atoms. The Morgan fingerprint density at radius 1 is 1.23 bits per heavy atom. The largest absolute Gasteiger partial charge is 0.324 e. The Hall–Kier alpha value is -2.89. The van der Waals surface area contributed by atoms with E-state index >= 15 is 0 Å². The lowest BCUT2D eigenvalue weighted by atomic mass is 9.96. The summed E-state index contributed by atoms with van der Waals surface area (Å²) in [5.41, 5.74) is 1.85. The van der Waals surface area contributed by atoms with Gasteiger partial charge in [-0.25, -0.2) is 0 Å². The van der Waals surface area contributed by atoms with Crippen molar-refractivity contribution in [1.82, 2.24) is 9.47 Å². The van der Waals surface area contributed by atoms with Crippen LogP contribution in [0, 0.1) is 5.92 Å². The fraction of sp³-hybridized carbons (Fsp3) is 0.350. The summed E-state index contributed by atoms with van der Waals surface area (Å²) in [6.45, 7) is 4.32. The van der Waals surface area contributed by atoms with Gasteiger partial charge in [0, 0.05) is 31.5 Å². The van der Waals surface area contributed by atoms with E-state index < -0.39 is 6.04 Å². The lowest BCUT2D eigenvalue weighted by Gasteiger charge is -2.32. The van der Waals surface area contributed by atoms with Gasteiger partial charge in [0.2, 0.25) is 11.5 Å². The van der Waals surface area contributed by atoms with E-state index in [2.05, 4.69) is 5.32 Å². The van der Waals surface area contributed by atoms with Crippen LogP contribution in [-0.2, 0) is 18.4 Å². The molecule has 1 aromatic carbocycles. The molecule has 6 heteroatoms. The van der Waals surface area contributed by atoms with Crippen molar-refractivity contribution >= 4 is 17.5 Å². The van der Waals surface area contributed by atoms with Gasteiger partial charge in [0.25, 0.3) is 5.91 Å². The summed E-state index contributed by atoms with van der Waals surface area (Å²) >= 11 is 0. The maximum absolute atomic E-state index is 13.2. The first-order chi connectivity index (χ1) is 12.4. The second kappa shape index (κ2) is 7.15. The van der Waals surface area contributed by atoms with Crippen molar-refractivity contribution in [3.63, 3.8) is 0 Å². The van der Waals surface area contributed by atoms with Gasteiger partial charge in [-0.1, -0.05) is 38.5 Å². The lowest BCUT2D eigenvalue weighted by Crippen LogP contribution is -2.49. The van der Waals surface area contributed by atoms with E-state index in [1.165, 1.54) is 22.9 Å². The summed E-state index contributed by atoms with van der Waals surface area (Å²) in [6.07, 6.45) is 2.29. The standard InChI is InChI=1S/C20H23N3O3/c1-4-13(2)18-19(25)21-16-8-6-5-7-14(16)12-23(18)20(26)15-9-10-17(24)22(3)11-15/h5-11,13,18H,4,12H2,1-3H3,(H,21,25). The van der Waals surface area contributed by atoms with Gasteiger partial charge in [-0.15, -0.1) is 0 Å². The van der Waals surface area contributed by atoms with Gasteiger partial charge < -0.3 is 14.8 Å². The van der Waals surface area contributed by atoms with E-state index in [0.29, 0.717) is 12.1 Å².